The minimum Gasteiger partial charge on any atom is -0.496 e. The zero-order chi connectivity index (χ0) is 11.7. The van der Waals surface area contributed by atoms with Crippen molar-refractivity contribution in [2.24, 2.45) is 0 Å². The Hall–Kier alpha value is -1.64. The molecule has 3 heteroatoms. The summed E-state index contributed by atoms with van der Waals surface area (Å²) in [5.74, 6) is 2.75. The Morgan fingerprint density at radius 3 is 2.12 bits per heavy atom. The lowest BCUT2D eigenvalue weighted by atomic mass is 10.0. The highest BCUT2D eigenvalue weighted by atomic mass is 16.5. The van der Waals surface area contributed by atoms with Crippen LogP contribution in [0, 0.1) is 0 Å². The second-order valence-electron chi connectivity index (χ2n) is 3.82. The molecule has 0 N–H and O–H groups in total. The Morgan fingerprint density at radius 2 is 1.56 bits per heavy atom. The Labute approximate surface area is 95.6 Å². The molecular formula is C13H16O3. The molecule has 0 aliphatic heterocycles. The van der Waals surface area contributed by atoms with Crippen molar-refractivity contribution >= 4 is 5.76 Å². The van der Waals surface area contributed by atoms with Gasteiger partial charge in [-0.3, -0.25) is 0 Å². The van der Waals surface area contributed by atoms with Gasteiger partial charge in [0.25, 0.3) is 0 Å². The topological polar surface area (TPSA) is 27.7 Å². The molecule has 0 saturated carbocycles. The van der Waals surface area contributed by atoms with E-state index in [0.717, 1.165) is 22.8 Å². The molecule has 0 bridgehead atoms. The van der Waals surface area contributed by atoms with E-state index < -0.39 is 0 Å². The van der Waals surface area contributed by atoms with Crippen LogP contribution >= 0.6 is 0 Å². The molecule has 0 amide bonds. The molecule has 1 atom stereocenters. The molecule has 2 rings (SSSR count). The molecule has 0 unspecified atom stereocenters. The highest BCUT2D eigenvalue weighted by Crippen LogP contribution is 2.42. The van der Waals surface area contributed by atoms with E-state index in [1.54, 1.807) is 21.3 Å². The Balaban J connectivity index is 2.55. The summed E-state index contributed by atoms with van der Waals surface area (Å²) < 4.78 is 15.9. The normalized spacial score (nSPS) is 17.8. The van der Waals surface area contributed by atoms with Gasteiger partial charge in [0, 0.05) is 11.5 Å². The first-order chi connectivity index (χ1) is 7.71. The largest absolute Gasteiger partial charge is 0.496 e. The van der Waals surface area contributed by atoms with Crippen molar-refractivity contribution in [1.82, 2.24) is 0 Å². The van der Waals surface area contributed by atoms with Crippen LogP contribution in [0.2, 0.25) is 0 Å². The minimum absolute atomic E-state index is 0.352. The predicted molar refractivity (Wildman–Crippen MR) is 62.9 cm³/mol. The molecule has 3 nitrogen and oxygen atoms in total. The zero-order valence-corrected chi connectivity index (χ0v) is 10.0. The average Bonchev–Trinajstić information content (AvgIpc) is 2.63. The van der Waals surface area contributed by atoms with E-state index >= 15 is 0 Å². The minimum atomic E-state index is 0.352. The van der Waals surface area contributed by atoms with Gasteiger partial charge in [0.1, 0.15) is 5.76 Å². The van der Waals surface area contributed by atoms with Crippen molar-refractivity contribution in [1.29, 1.82) is 0 Å². The maximum Gasteiger partial charge on any atom is 0.161 e. The molecule has 0 heterocycles. The highest BCUT2D eigenvalue weighted by Gasteiger charge is 2.23. The summed E-state index contributed by atoms with van der Waals surface area (Å²) in [7, 11) is 4.97. The summed E-state index contributed by atoms with van der Waals surface area (Å²) in [6, 6.07) is 3.98. The van der Waals surface area contributed by atoms with Gasteiger partial charge in [0.05, 0.1) is 21.3 Å². The van der Waals surface area contributed by atoms with E-state index in [-0.39, 0.29) is 0 Å². The summed E-state index contributed by atoms with van der Waals surface area (Å²) in [6.45, 7) is 2.14. The van der Waals surface area contributed by atoms with Crippen molar-refractivity contribution < 1.29 is 14.2 Å². The van der Waals surface area contributed by atoms with Crippen LogP contribution in [0.4, 0.5) is 0 Å². The third-order valence-electron chi connectivity index (χ3n) is 2.93. The fourth-order valence-corrected chi connectivity index (χ4v) is 2.07. The van der Waals surface area contributed by atoms with Crippen molar-refractivity contribution in [3.63, 3.8) is 0 Å². The van der Waals surface area contributed by atoms with Gasteiger partial charge in [-0.25, -0.2) is 0 Å². The van der Waals surface area contributed by atoms with Gasteiger partial charge < -0.3 is 14.2 Å². The fraction of sp³-hybridized carbons (Fsp3) is 0.385. The molecule has 1 aromatic rings. The molecule has 1 aromatic carbocycles. The van der Waals surface area contributed by atoms with Crippen LogP contribution in [0.3, 0.4) is 0 Å². The van der Waals surface area contributed by atoms with Crippen LogP contribution in [0.1, 0.15) is 24.0 Å². The number of ether oxygens (including phenoxy) is 3. The van der Waals surface area contributed by atoms with E-state index in [2.05, 4.69) is 13.0 Å². The van der Waals surface area contributed by atoms with Crippen LogP contribution in [-0.2, 0) is 4.74 Å². The van der Waals surface area contributed by atoms with Crippen molar-refractivity contribution in [2.75, 3.05) is 21.3 Å². The maximum atomic E-state index is 5.35. The van der Waals surface area contributed by atoms with E-state index in [1.165, 1.54) is 5.56 Å². The lowest BCUT2D eigenvalue weighted by Crippen LogP contribution is -1.96. The quantitative estimate of drug-likeness (QED) is 0.784. The molecule has 0 aromatic heterocycles. The third-order valence-corrected chi connectivity index (χ3v) is 2.93. The van der Waals surface area contributed by atoms with Gasteiger partial charge in [0.2, 0.25) is 0 Å². The van der Waals surface area contributed by atoms with Gasteiger partial charge >= 0.3 is 0 Å². The molecule has 0 fully saturated rings. The smallest absolute Gasteiger partial charge is 0.161 e. The number of hydrogen-bond acceptors (Lipinski definition) is 3. The maximum absolute atomic E-state index is 5.35. The average molecular weight is 220 g/mol. The lowest BCUT2D eigenvalue weighted by Gasteiger charge is -2.12. The number of fused-ring (bicyclic) bond motifs is 1. The van der Waals surface area contributed by atoms with Crippen molar-refractivity contribution in [2.45, 2.75) is 12.8 Å². The molecule has 0 saturated heterocycles. The SMILES string of the molecule is COC1=C[C@H](C)c2cc(OC)c(OC)cc21. The van der Waals surface area contributed by atoms with Crippen molar-refractivity contribution in [3.8, 4) is 11.5 Å². The standard InChI is InChI=1S/C13H16O3/c1-8-5-11(14-2)10-7-13(16-4)12(15-3)6-9(8)10/h5-8H,1-4H3/t8-/m0/s1. The van der Waals surface area contributed by atoms with E-state index in [4.69, 9.17) is 14.2 Å². The first-order valence-electron chi connectivity index (χ1n) is 5.23. The summed E-state index contributed by atoms with van der Waals surface area (Å²) in [4.78, 5) is 0. The van der Waals surface area contributed by atoms with Crippen LogP contribution in [0.25, 0.3) is 5.76 Å². The highest BCUT2D eigenvalue weighted by molar-refractivity contribution is 5.73. The van der Waals surface area contributed by atoms with Crippen molar-refractivity contribution in [3.05, 3.63) is 29.3 Å². The second-order valence-corrected chi connectivity index (χ2v) is 3.82. The molecule has 0 spiro atoms. The summed E-state index contributed by atoms with van der Waals surface area (Å²) in [5.41, 5.74) is 2.31. The molecule has 0 radical (unpaired) electrons. The van der Waals surface area contributed by atoms with E-state index in [9.17, 15) is 0 Å². The number of rotatable bonds is 3. The fourth-order valence-electron chi connectivity index (χ4n) is 2.07. The van der Waals surface area contributed by atoms with Crippen LogP contribution in [-0.4, -0.2) is 21.3 Å². The molecule has 16 heavy (non-hydrogen) atoms. The molecule has 1 aliphatic rings. The number of benzene rings is 1. The van der Waals surface area contributed by atoms with E-state index in [0.29, 0.717) is 5.92 Å². The number of methoxy groups -OCH3 is 3. The third kappa shape index (κ3) is 1.52. The summed E-state index contributed by atoms with van der Waals surface area (Å²) >= 11 is 0. The van der Waals surface area contributed by atoms with Gasteiger partial charge in [-0.15, -0.1) is 0 Å². The van der Waals surface area contributed by atoms with Crippen LogP contribution < -0.4 is 9.47 Å². The first-order valence-corrected chi connectivity index (χ1v) is 5.23. The number of allylic oxidation sites excluding steroid dienone is 1. The Morgan fingerprint density at radius 1 is 0.938 bits per heavy atom. The summed E-state index contributed by atoms with van der Waals surface area (Å²) in [6.07, 6.45) is 2.10. The zero-order valence-electron chi connectivity index (χ0n) is 10.0. The molecule has 1 aliphatic carbocycles. The number of hydrogen-bond donors (Lipinski definition) is 0. The predicted octanol–water partition coefficient (Wildman–Crippen LogP) is 2.81. The Kier molecular flexibility index (Phi) is 2.77. The molecule has 86 valence electrons. The summed E-state index contributed by atoms with van der Waals surface area (Å²) in [5, 5.41) is 0. The Bertz CT molecular complexity index is 435. The second kappa shape index (κ2) is 4.08. The lowest BCUT2D eigenvalue weighted by molar-refractivity contribution is 0.352. The van der Waals surface area contributed by atoms with Gasteiger partial charge in [-0.2, -0.15) is 0 Å². The van der Waals surface area contributed by atoms with Crippen LogP contribution in [0.5, 0.6) is 11.5 Å². The van der Waals surface area contributed by atoms with Gasteiger partial charge in [0.15, 0.2) is 11.5 Å². The molecular weight excluding hydrogens is 204 g/mol. The van der Waals surface area contributed by atoms with Gasteiger partial charge in [-0.1, -0.05) is 6.92 Å². The van der Waals surface area contributed by atoms with Crippen LogP contribution in [0.15, 0.2) is 18.2 Å². The monoisotopic (exact) mass is 220 g/mol. The van der Waals surface area contributed by atoms with E-state index in [1.807, 2.05) is 12.1 Å². The first kappa shape index (κ1) is 10.9. The van der Waals surface area contributed by atoms with Gasteiger partial charge in [-0.05, 0) is 23.8 Å².